The standard InChI is InChI=1S/C17H19NO3/c1-12-4-5-13(14(10-12)15(19)20)6-7-16(2,21-3)17(11-18)8-9-17/h4-7,10H,8-9H2,1-3H3,(H,19,20)/b7-6+/t16-/m1/s1. The number of carboxylic acid groups (broad SMARTS) is 1. The first-order valence-electron chi connectivity index (χ1n) is 6.87. The average Bonchev–Trinajstić information content (AvgIpc) is 3.27. The summed E-state index contributed by atoms with van der Waals surface area (Å²) in [7, 11) is 1.58. The van der Waals surface area contributed by atoms with Gasteiger partial charge < -0.3 is 9.84 Å². The van der Waals surface area contributed by atoms with Crippen LogP contribution in [0.5, 0.6) is 0 Å². The van der Waals surface area contributed by atoms with Gasteiger partial charge in [-0.15, -0.1) is 0 Å². The van der Waals surface area contributed by atoms with Gasteiger partial charge in [0, 0.05) is 7.11 Å². The molecule has 2 rings (SSSR count). The molecule has 4 heteroatoms. The highest BCUT2D eigenvalue weighted by molar-refractivity contribution is 5.92. The summed E-state index contributed by atoms with van der Waals surface area (Å²) in [5.41, 5.74) is 0.570. The Morgan fingerprint density at radius 2 is 2.19 bits per heavy atom. The number of carbonyl (C=O) groups is 1. The highest BCUT2D eigenvalue weighted by Crippen LogP contribution is 2.55. The van der Waals surface area contributed by atoms with E-state index in [0.29, 0.717) is 5.56 Å². The Labute approximate surface area is 124 Å². The first-order chi connectivity index (χ1) is 9.87. The van der Waals surface area contributed by atoms with E-state index in [-0.39, 0.29) is 5.56 Å². The van der Waals surface area contributed by atoms with E-state index in [9.17, 15) is 15.2 Å². The molecule has 1 saturated carbocycles. The molecule has 1 aromatic carbocycles. The molecule has 1 aromatic rings. The Bertz CT molecular complexity index is 638. The minimum atomic E-state index is -0.959. The average molecular weight is 285 g/mol. The highest BCUT2D eigenvalue weighted by Gasteiger charge is 2.57. The predicted molar refractivity (Wildman–Crippen MR) is 79.9 cm³/mol. The van der Waals surface area contributed by atoms with E-state index < -0.39 is 17.0 Å². The van der Waals surface area contributed by atoms with Crippen LogP contribution in [0.2, 0.25) is 0 Å². The van der Waals surface area contributed by atoms with Gasteiger partial charge >= 0.3 is 5.97 Å². The first-order valence-corrected chi connectivity index (χ1v) is 6.87. The van der Waals surface area contributed by atoms with E-state index in [2.05, 4.69) is 6.07 Å². The molecule has 1 atom stereocenters. The van der Waals surface area contributed by atoms with E-state index in [4.69, 9.17) is 4.74 Å². The zero-order valence-electron chi connectivity index (χ0n) is 12.5. The fourth-order valence-corrected chi connectivity index (χ4v) is 2.52. The molecule has 0 unspecified atom stereocenters. The van der Waals surface area contributed by atoms with Gasteiger partial charge in [0.25, 0.3) is 0 Å². The van der Waals surface area contributed by atoms with Gasteiger partial charge in [0.05, 0.1) is 17.0 Å². The Hall–Kier alpha value is -2.12. The van der Waals surface area contributed by atoms with Crippen molar-refractivity contribution >= 4 is 12.0 Å². The Morgan fingerprint density at radius 1 is 1.52 bits per heavy atom. The molecule has 110 valence electrons. The van der Waals surface area contributed by atoms with Gasteiger partial charge in [-0.2, -0.15) is 5.26 Å². The van der Waals surface area contributed by atoms with Gasteiger partial charge in [-0.1, -0.05) is 29.8 Å². The molecular weight excluding hydrogens is 266 g/mol. The lowest BCUT2D eigenvalue weighted by atomic mass is 9.85. The molecule has 1 aliphatic carbocycles. The number of aryl methyl sites for hydroxylation is 1. The molecule has 0 aromatic heterocycles. The lowest BCUT2D eigenvalue weighted by molar-refractivity contribution is 0.00670. The van der Waals surface area contributed by atoms with E-state index in [1.54, 1.807) is 31.4 Å². The zero-order chi connectivity index (χ0) is 15.7. The number of hydrogen-bond acceptors (Lipinski definition) is 3. The van der Waals surface area contributed by atoms with Crippen LogP contribution in [-0.4, -0.2) is 23.8 Å². The third kappa shape index (κ3) is 2.70. The van der Waals surface area contributed by atoms with Crippen LogP contribution in [0.3, 0.4) is 0 Å². The monoisotopic (exact) mass is 285 g/mol. The van der Waals surface area contributed by atoms with Crippen molar-refractivity contribution in [2.45, 2.75) is 32.3 Å². The third-order valence-corrected chi connectivity index (χ3v) is 4.36. The van der Waals surface area contributed by atoms with Gasteiger partial charge in [0.1, 0.15) is 5.60 Å². The molecule has 0 heterocycles. The molecule has 0 spiro atoms. The van der Waals surface area contributed by atoms with Crippen molar-refractivity contribution in [1.29, 1.82) is 5.26 Å². The van der Waals surface area contributed by atoms with E-state index in [1.165, 1.54) is 0 Å². The molecule has 21 heavy (non-hydrogen) atoms. The predicted octanol–water partition coefficient (Wildman–Crippen LogP) is 3.42. The number of benzene rings is 1. The normalized spacial score (nSPS) is 19.0. The number of ether oxygens (including phenoxy) is 1. The number of carboxylic acids is 1. The fraction of sp³-hybridized carbons (Fsp3) is 0.412. The summed E-state index contributed by atoms with van der Waals surface area (Å²) < 4.78 is 5.55. The van der Waals surface area contributed by atoms with Crippen molar-refractivity contribution in [3.8, 4) is 6.07 Å². The van der Waals surface area contributed by atoms with Crippen molar-refractivity contribution in [2.75, 3.05) is 7.11 Å². The van der Waals surface area contributed by atoms with Crippen molar-refractivity contribution in [2.24, 2.45) is 5.41 Å². The second kappa shape index (κ2) is 5.34. The summed E-state index contributed by atoms with van der Waals surface area (Å²) in [6.07, 6.45) is 5.15. The van der Waals surface area contributed by atoms with Gasteiger partial charge in [-0.05, 0) is 38.3 Å². The minimum Gasteiger partial charge on any atom is -0.478 e. The maximum Gasteiger partial charge on any atom is 0.336 e. The smallest absolute Gasteiger partial charge is 0.336 e. The molecule has 0 aliphatic heterocycles. The lowest BCUT2D eigenvalue weighted by Crippen LogP contribution is -2.35. The molecule has 0 saturated heterocycles. The summed E-state index contributed by atoms with van der Waals surface area (Å²) in [6.45, 7) is 3.72. The summed E-state index contributed by atoms with van der Waals surface area (Å²) in [4.78, 5) is 11.3. The van der Waals surface area contributed by atoms with Crippen LogP contribution in [0.4, 0.5) is 0 Å². The quantitative estimate of drug-likeness (QED) is 0.900. The maximum absolute atomic E-state index is 11.3. The van der Waals surface area contributed by atoms with Crippen LogP contribution < -0.4 is 0 Å². The lowest BCUT2D eigenvalue weighted by Gasteiger charge is -2.29. The van der Waals surface area contributed by atoms with E-state index in [1.807, 2.05) is 19.9 Å². The van der Waals surface area contributed by atoms with Crippen LogP contribution >= 0.6 is 0 Å². The minimum absolute atomic E-state index is 0.256. The number of nitriles is 1. The number of rotatable bonds is 5. The molecule has 1 fully saturated rings. The highest BCUT2D eigenvalue weighted by atomic mass is 16.5. The van der Waals surface area contributed by atoms with E-state index in [0.717, 1.165) is 18.4 Å². The first kappa shape index (κ1) is 15.3. The van der Waals surface area contributed by atoms with Gasteiger partial charge in [0.15, 0.2) is 0 Å². The largest absolute Gasteiger partial charge is 0.478 e. The molecular formula is C17H19NO3. The number of aromatic carboxylic acids is 1. The van der Waals surface area contributed by atoms with Gasteiger partial charge in [0.2, 0.25) is 0 Å². The molecule has 1 N–H and O–H groups in total. The molecule has 0 radical (unpaired) electrons. The van der Waals surface area contributed by atoms with Crippen LogP contribution in [0.1, 0.15) is 41.3 Å². The van der Waals surface area contributed by atoms with Crippen LogP contribution in [-0.2, 0) is 4.74 Å². The van der Waals surface area contributed by atoms with Gasteiger partial charge in [-0.25, -0.2) is 4.79 Å². The van der Waals surface area contributed by atoms with Crippen molar-refractivity contribution in [3.63, 3.8) is 0 Å². The number of methoxy groups -OCH3 is 1. The number of hydrogen-bond donors (Lipinski definition) is 1. The van der Waals surface area contributed by atoms with Crippen LogP contribution in [0.15, 0.2) is 24.3 Å². The molecule has 1 aliphatic rings. The van der Waals surface area contributed by atoms with Gasteiger partial charge in [-0.3, -0.25) is 0 Å². The fourth-order valence-electron chi connectivity index (χ4n) is 2.52. The maximum atomic E-state index is 11.3. The Kier molecular flexibility index (Phi) is 3.89. The third-order valence-electron chi connectivity index (χ3n) is 4.36. The van der Waals surface area contributed by atoms with Crippen LogP contribution in [0, 0.1) is 23.7 Å². The summed E-state index contributed by atoms with van der Waals surface area (Å²) in [5.74, 6) is -0.959. The topological polar surface area (TPSA) is 70.3 Å². The van der Waals surface area contributed by atoms with Crippen molar-refractivity contribution in [1.82, 2.24) is 0 Å². The SMILES string of the molecule is CO[C@](C)(/C=C/c1ccc(C)cc1C(=O)O)C1(C#N)CC1. The second-order valence-electron chi connectivity index (χ2n) is 5.73. The number of nitrogens with zero attached hydrogens (tertiary/aromatic N) is 1. The van der Waals surface area contributed by atoms with E-state index >= 15 is 0 Å². The van der Waals surface area contributed by atoms with Crippen molar-refractivity contribution in [3.05, 3.63) is 41.0 Å². The summed E-state index contributed by atoms with van der Waals surface area (Å²) >= 11 is 0. The molecule has 0 bridgehead atoms. The Morgan fingerprint density at radius 3 is 2.67 bits per heavy atom. The Balaban J connectivity index is 2.37. The molecule has 4 nitrogen and oxygen atoms in total. The zero-order valence-corrected chi connectivity index (χ0v) is 12.5. The molecule has 0 amide bonds. The summed E-state index contributed by atoms with van der Waals surface area (Å²) in [6, 6.07) is 7.62. The van der Waals surface area contributed by atoms with Crippen molar-refractivity contribution < 1.29 is 14.6 Å². The summed E-state index contributed by atoms with van der Waals surface area (Å²) in [5, 5.41) is 18.6. The van der Waals surface area contributed by atoms with Crippen LogP contribution in [0.25, 0.3) is 6.08 Å². The second-order valence-corrected chi connectivity index (χ2v) is 5.73.